The van der Waals surface area contributed by atoms with Crippen molar-refractivity contribution in [1.82, 2.24) is 5.06 Å². The van der Waals surface area contributed by atoms with Crippen molar-refractivity contribution in [3.05, 3.63) is 34.9 Å². The van der Waals surface area contributed by atoms with Gasteiger partial charge in [0, 0.05) is 24.4 Å². The van der Waals surface area contributed by atoms with Gasteiger partial charge >= 0.3 is 5.97 Å². The number of carboxylic acid groups (broad SMARTS) is 1. The number of carboxylic acids is 1. The fraction of sp³-hybridized carbons (Fsp3) is 0.588. The standard InChI is InChI=1S/C17H26ClN3O3/c1-17(13(4-3-9-19)15(20)16(22)23)10-14(24-21(17)2)11-5-7-12(18)8-6-11/h5-8,13-15H,3-4,9-10,19-20H2,1-2H3,(H,22,23)/t13?,14?,15-,17?/m0/s1. The van der Waals surface area contributed by atoms with Crippen LogP contribution in [0.1, 0.15) is 37.9 Å². The van der Waals surface area contributed by atoms with E-state index in [0.717, 1.165) is 12.0 Å². The van der Waals surface area contributed by atoms with E-state index in [1.165, 1.54) is 0 Å². The first kappa shape index (κ1) is 19.1. The van der Waals surface area contributed by atoms with Gasteiger partial charge in [0.1, 0.15) is 12.1 Å². The molecule has 0 aliphatic carbocycles. The van der Waals surface area contributed by atoms with Crippen LogP contribution in [-0.4, -0.2) is 41.3 Å². The second kappa shape index (κ2) is 7.80. The summed E-state index contributed by atoms with van der Waals surface area (Å²) in [6.07, 6.45) is 1.86. The average Bonchev–Trinajstić information content (AvgIpc) is 2.84. The van der Waals surface area contributed by atoms with E-state index in [2.05, 4.69) is 0 Å². The van der Waals surface area contributed by atoms with Crippen LogP contribution in [0.2, 0.25) is 5.02 Å². The molecule has 4 atom stereocenters. The Morgan fingerprint density at radius 1 is 1.50 bits per heavy atom. The number of hydrogen-bond acceptors (Lipinski definition) is 5. The summed E-state index contributed by atoms with van der Waals surface area (Å²) < 4.78 is 0. The Balaban J connectivity index is 2.24. The number of carbonyl (C=O) groups is 1. The lowest BCUT2D eigenvalue weighted by Gasteiger charge is -2.39. The van der Waals surface area contributed by atoms with E-state index in [4.69, 9.17) is 27.9 Å². The molecule has 0 spiro atoms. The maximum absolute atomic E-state index is 11.5. The number of aliphatic carboxylic acids is 1. The molecule has 1 fully saturated rings. The first-order valence-electron chi connectivity index (χ1n) is 8.14. The van der Waals surface area contributed by atoms with Crippen molar-refractivity contribution >= 4 is 17.6 Å². The Morgan fingerprint density at radius 3 is 2.67 bits per heavy atom. The van der Waals surface area contributed by atoms with E-state index >= 15 is 0 Å². The molecule has 3 unspecified atom stereocenters. The van der Waals surface area contributed by atoms with Crippen LogP contribution in [-0.2, 0) is 9.63 Å². The quantitative estimate of drug-likeness (QED) is 0.692. The van der Waals surface area contributed by atoms with Gasteiger partial charge in [0.25, 0.3) is 0 Å². The predicted molar refractivity (Wildman–Crippen MR) is 93.5 cm³/mol. The zero-order valence-electron chi connectivity index (χ0n) is 14.1. The van der Waals surface area contributed by atoms with Crippen LogP contribution >= 0.6 is 11.6 Å². The summed E-state index contributed by atoms with van der Waals surface area (Å²) in [6.45, 7) is 2.51. The zero-order chi connectivity index (χ0) is 17.9. The van der Waals surface area contributed by atoms with Crippen LogP contribution in [0, 0.1) is 5.92 Å². The molecule has 1 heterocycles. The Labute approximate surface area is 147 Å². The SMILES string of the molecule is CN1OC(c2ccc(Cl)cc2)CC1(C)C(CCCN)[C@H](N)C(=O)O. The van der Waals surface area contributed by atoms with Gasteiger partial charge in [-0.3, -0.25) is 9.63 Å². The summed E-state index contributed by atoms with van der Waals surface area (Å²) in [7, 11) is 1.83. The summed E-state index contributed by atoms with van der Waals surface area (Å²) in [4.78, 5) is 17.5. The highest BCUT2D eigenvalue weighted by molar-refractivity contribution is 6.30. The number of nitrogens with two attached hydrogens (primary N) is 2. The maximum Gasteiger partial charge on any atom is 0.320 e. The number of benzene rings is 1. The smallest absolute Gasteiger partial charge is 0.320 e. The third-order valence-corrected chi connectivity index (χ3v) is 5.33. The van der Waals surface area contributed by atoms with E-state index in [-0.39, 0.29) is 12.0 Å². The van der Waals surface area contributed by atoms with Gasteiger partial charge in [-0.25, -0.2) is 0 Å². The van der Waals surface area contributed by atoms with Crippen molar-refractivity contribution in [1.29, 1.82) is 0 Å². The Morgan fingerprint density at radius 2 is 2.12 bits per heavy atom. The zero-order valence-corrected chi connectivity index (χ0v) is 14.9. The van der Waals surface area contributed by atoms with Gasteiger partial charge in [-0.05, 0) is 44.0 Å². The molecule has 2 rings (SSSR count). The molecular weight excluding hydrogens is 330 g/mol. The fourth-order valence-corrected chi connectivity index (χ4v) is 3.61. The molecule has 24 heavy (non-hydrogen) atoms. The molecule has 0 radical (unpaired) electrons. The minimum absolute atomic E-state index is 0.154. The molecule has 134 valence electrons. The van der Waals surface area contributed by atoms with Crippen LogP contribution in [0.5, 0.6) is 0 Å². The van der Waals surface area contributed by atoms with E-state index in [0.29, 0.717) is 24.4 Å². The Hall–Kier alpha value is -1.18. The van der Waals surface area contributed by atoms with Gasteiger partial charge in [-0.1, -0.05) is 23.7 Å². The second-order valence-electron chi connectivity index (χ2n) is 6.61. The van der Waals surface area contributed by atoms with Crippen LogP contribution in [0.4, 0.5) is 0 Å². The number of nitrogens with zero attached hydrogens (tertiary/aromatic N) is 1. The fourth-order valence-electron chi connectivity index (χ4n) is 3.48. The Bertz CT molecular complexity index is 569. The molecule has 0 saturated carbocycles. The third-order valence-electron chi connectivity index (χ3n) is 5.08. The van der Waals surface area contributed by atoms with Crippen molar-refractivity contribution < 1.29 is 14.7 Å². The summed E-state index contributed by atoms with van der Waals surface area (Å²) in [5.41, 5.74) is 12.1. The van der Waals surface area contributed by atoms with Gasteiger partial charge in [-0.2, -0.15) is 5.06 Å². The summed E-state index contributed by atoms with van der Waals surface area (Å²) >= 11 is 5.94. The van der Waals surface area contributed by atoms with E-state index < -0.39 is 17.6 Å². The van der Waals surface area contributed by atoms with Crippen molar-refractivity contribution in [2.75, 3.05) is 13.6 Å². The van der Waals surface area contributed by atoms with Crippen LogP contribution in [0.25, 0.3) is 0 Å². The van der Waals surface area contributed by atoms with Crippen molar-refractivity contribution in [2.24, 2.45) is 17.4 Å². The van der Waals surface area contributed by atoms with Crippen molar-refractivity contribution in [2.45, 2.75) is 43.9 Å². The van der Waals surface area contributed by atoms with Gasteiger partial charge < -0.3 is 16.6 Å². The highest BCUT2D eigenvalue weighted by Crippen LogP contribution is 2.45. The van der Waals surface area contributed by atoms with E-state index in [1.54, 1.807) is 5.06 Å². The molecule has 1 aliphatic rings. The third kappa shape index (κ3) is 3.90. The van der Waals surface area contributed by atoms with E-state index in [9.17, 15) is 9.90 Å². The van der Waals surface area contributed by atoms with Crippen molar-refractivity contribution in [3.8, 4) is 0 Å². The summed E-state index contributed by atoms with van der Waals surface area (Å²) in [5, 5.41) is 11.8. The number of halogens is 1. The summed E-state index contributed by atoms with van der Waals surface area (Å²) in [5.74, 6) is -1.26. The minimum Gasteiger partial charge on any atom is -0.480 e. The number of hydroxylamine groups is 2. The first-order chi connectivity index (χ1) is 11.3. The van der Waals surface area contributed by atoms with Crippen LogP contribution in [0.15, 0.2) is 24.3 Å². The molecule has 0 bridgehead atoms. The van der Waals surface area contributed by atoms with Gasteiger partial charge in [-0.15, -0.1) is 0 Å². The van der Waals surface area contributed by atoms with Crippen molar-refractivity contribution in [3.63, 3.8) is 0 Å². The molecule has 7 heteroatoms. The van der Waals surface area contributed by atoms with Crippen LogP contribution < -0.4 is 11.5 Å². The van der Waals surface area contributed by atoms with E-state index in [1.807, 2.05) is 38.2 Å². The summed E-state index contributed by atoms with van der Waals surface area (Å²) in [6, 6.07) is 6.55. The van der Waals surface area contributed by atoms with Gasteiger partial charge in [0.2, 0.25) is 0 Å². The number of hydrogen-bond donors (Lipinski definition) is 3. The molecule has 5 N–H and O–H groups in total. The lowest BCUT2D eigenvalue weighted by molar-refractivity contribution is -0.182. The molecule has 0 amide bonds. The minimum atomic E-state index is -0.999. The second-order valence-corrected chi connectivity index (χ2v) is 7.04. The molecule has 1 aromatic carbocycles. The lowest BCUT2D eigenvalue weighted by Crippen LogP contribution is -2.54. The monoisotopic (exact) mass is 355 g/mol. The molecule has 1 saturated heterocycles. The largest absolute Gasteiger partial charge is 0.480 e. The van der Waals surface area contributed by atoms with Crippen LogP contribution in [0.3, 0.4) is 0 Å². The molecule has 0 aromatic heterocycles. The molecule has 1 aliphatic heterocycles. The predicted octanol–water partition coefficient (Wildman–Crippen LogP) is 2.17. The maximum atomic E-state index is 11.5. The highest BCUT2D eigenvalue weighted by Gasteiger charge is 2.50. The molecular formula is C17H26ClN3O3. The Kier molecular flexibility index (Phi) is 6.22. The number of rotatable bonds is 7. The van der Waals surface area contributed by atoms with Gasteiger partial charge in [0.05, 0.1) is 5.54 Å². The van der Waals surface area contributed by atoms with Gasteiger partial charge in [0.15, 0.2) is 0 Å². The highest BCUT2D eigenvalue weighted by atomic mass is 35.5. The normalized spacial score (nSPS) is 27.1. The molecule has 6 nitrogen and oxygen atoms in total. The lowest BCUT2D eigenvalue weighted by atomic mass is 9.74. The molecule has 1 aromatic rings. The topological polar surface area (TPSA) is 102 Å². The first-order valence-corrected chi connectivity index (χ1v) is 8.52. The average molecular weight is 356 g/mol.